The van der Waals surface area contributed by atoms with E-state index in [2.05, 4.69) is 28.0 Å². The molecule has 2 heterocycles. The lowest BCUT2D eigenvalue weighted by Crippen LogP contribution is -2.38. The van der Waals surface area contributed by atoms with Gasteiger partial charge in [-0.25, -0.2) is 13.1 Å². The molecule has 4 rings (SSSR count). The van der Waals surface area contributed by atoms with Gasteiger partial charge in [-0.2, -0.15) is 0 Å². The van der Waals surface area contributed by atoms with Crippen LogP contribution in [0.15, 0.2) is 59.6 Å². The number of carbonyl (C=O) groups is 1. The summed E-state index contributed by atoms with van der Waals surface area (Å²) in [7, 11) is -2.21. The number of benzene rings is 2. The zero-order chi connectivity index (χ0) is 19.7. The van der Waals surface area contributed by atoms with E-state index in [1.807, 2.05) is 17.0 Å². The monoisotopic (exact) mass is 397 g/mol. The van der Waals surface area contributed by atoms with Crippen molar-refractivity contribution in [2.45, 2.75) is 23.7 Å². The maximum absolute atomic E-state index is 12.9. The number of hydrogen-bond acceptors (Lipinski definition) is 3. The van der Waals surface area contributed by atoms with Crippen LogP contribution in [0.25, 0.3) is 10.9 Å². The molecular weight excluding hydrogens is 374 g/mol. The number of nitrogens with one attached hydrogen (secondary N) is 2. The van der Waals surface area contributed by atoms with Gasteiger partial charge in [0.2, 0.25) is 10.0 Å². The summed E-state index contributed by atoms with van der Waals surface area (Å²) in [6.45, 7) is 1.32. The molecule has 1 aliphatic rings. The Kier molecular flexibility index (Phi) is 4.95. The molecule has 2 aromatic carbocycles. The highest BCUT2D eigenvalue weighted by Crippen LogP contribution is 2.33. The van der Waals surface area contributed by atoms with Crippen LogP contribution < -0.4 is 4.72 Å². The predicted molar refractivity (Wildman–Crippen MR) is 109 cm³/mol. The van der Waals surface area contributed by atoms with E-state index in [9.17, 15) is 13.2 Å². The van der Waals surface area contributed by atoms with Crippen LogP contribution in [0.5, 0.6) is 0 Å². The Morgan fingerprint density at radius 3 is 2.61 bits per heavy atom. The van der Waals surface area contributed by atoms with Crippen molar-refractivity contribution in [3.05, 3.63) is 65.9 Å². The second-order valence-electron chi connectivity index (χ2n) is 7.09. The highest BCUT2D eigenvalue weighted by molar-refractivity contribution is 7.89. The molecule has 0 spiro atoms. The molecule has 2 N–H and O–H groups in total. The number of para-hydroxylation sites is 1. The summed E-state index contributed by atoms with van der Waals surface area (Å²) < 4.78 is 26.3. The number of fused-ring (bicyclic) bond motifs is 1. The highest BCUT2D eigenvalue weighted by atomic mass is 32.2. The van der Waals surface area contributed by atoms with Crippen LogP contribution in [0.2, 0.25) is 0 Å². The fraction of sp³-hybridized carbons (Fsp3) is 0.286. The van der Waals surface area contributed by atoms with E-state index in [4.69, 9.17) is 0 Å². The van der Waals surface area contributed by atoms with Gasteiger partial charge in [0.25, 0.3) is 5.91 Å². The Balaban J connectivity index is 1.48. The molecule has 6 nitrogen and oxygen atoms in total. The first kappa shape index (κ1) is 18.7. The molecular formula is C21H23N3O3S. The molecule has 0 unspecified atom stereocenters. The van der Waals surface area contributed by atoms with E-state index < -0.39 is 10.0 Å². The zero-order valence-corrected chi connectivity index (χ0v) is 16.5. The van der Waals surface area contributed by atoms with E-state index in [-0.39, 0.29) is 10.8 Å². The Morgan fingerprint density at radius 2 is 1.86 bits per heavy atom. The molecule has 1 amide bonds. The Bertz CT molecular complexity index is 1110. The number of likely N-dealkylation sites (tertiary alicyclic amines) is 1. The average molecular weight is 398 g/mol. The largest absolute Gasteiger partial charge is 0.361 e. The number of H-pyrrole nitrogens is 1. The first-order valence-electron chi connectivity index (χ1n) is 9.38. The molecule has 0 aliphatic carbocycles. The van der Waals surface area contributed by atoms with Crippen molar-refractivity contribution in [3.63, 3.8) is 0 Å². The number of piperidine rings is 1. The molecule has 28 heavy (non-hydrogen) atoms. The van der Waals surface area contributed by atoms with Crippen molar-refractivity contribution >= 4 is 26.8 Å². The fourth-order valence-corrected chi connectivity index (χ4v) is 4.70. The molecule has 1 saturated heterocycles. The number of aromatic nitrogens is 1. The van der Waals surface area contributed by atoms with E-state index >= 15 is 0 Å². The third-order valence-electron chi connectivity index (χ3n) is 5.50. The third kappa shape index (κ3) is 3.43. The summed E-state index contributed by atoms with van der Waals surface area (Å²) >= 11 is 0. The maximum Gasteiger partial charge on any atom is 0.253 e. The summed E-state index contributed by atoms with van der Waals surface area (Å²) in [5, 5.41) is 1.25. The first-order chi connectivity index (χ1) is 13.5. The molecule has 1 aromatic heterocycles. The quantitative estimate of drug-likeness (QED) is 0.710. The lowest BCUT2D eigenvalue weighted by atomic mass is 9.89. The summed E-state index contributed by atoms with van der Waals surface area (Å²) in [6.07, 6.45) is 3.86. The van der Waals surface area contributed by atoms with Crippen molar-refractivity contribution in [3.8, 4) is 0 Å². The van der Waals surface area contributed by atoms with Gasteiger partial charge in [0.15, 0.2) is 0 Å². The van der Waals surface area contributed by atoms with Crippen LogP contribution >= 0.6 is 0 Å². The first-order valence-corrected chi connectivity index (χ1v) is 10.9. The van der Waals surface area contributed by atoms with Crippen molar-refractivity contribution in [2.75, 3.05) is 20.1 Å². The fourth-order valence-electron chi connectivity index (χ4n) is 3.92. The van der Waals surface area contributed by atoms with Crippen molar-refractivity contribution in [1.29, 1.82) is 0 Å². The topological polar surface area (TPSA) is 82.3 Å². The van der Waals surface area contributed by atoms with E-state index in [0.29, 0.717) is 24.6 Å². The molecule has 146 valence electrons. The van der Waals surface area contributed by atoms with E-state index in [1.54, 1.807) is 12.1 Å². The Labute approximate surface area is 164 Å². The summed E-state index contributed by atoms with van der Waals surface area (Å²) in [6, 6.07) is 14.5. The summed E-state index contributed by atoms with van der Waals surface area (Å²) in [4.78, 5) is 18.1. The number of carbonyl (C=O) groups excluding carboxylic acids is 1. The van der Waals surface area contributed by atoms with Crippen LogP contribution in [-0.2, 0) is 10.0 Å². The van der Waals surface area contributed by atoms with Crippen LogP contribution in [0.4, 0.5) is 0 Å². The van der Waals surface area contributed by atoms with Gasteiger partial charge in [-0.05, 0) is 55.6 Å². The van der Waals surface area contributed by atoms with Gasteiger partial charge in [-0.15, -0.1) is 0 Å². The maximum atomic E-state index is 12.9. The molecule has 0 atom stereocenters. The minimum Gasteiger partial charge on any atom is -0.361 e. The van der Waals surface area contributed by atoms with Crippen molar-refractivity contribution in [2.24, 2.45) is 0 Å². The third-order valence-corrected chi connectivity index (χ3v) is 6.92. The second-order valence-corrected chi connectivity index (χ2v) is 8.98. The molecule has 0 radical (unpaired) electrons. The van der Waals surface area contributed by atoms with Crippen LogP contribution in [0.1, 0.15) is 34.7 Å². The summed E-state index contributed by atoms with van der Waals surface area (Å²) in [5.74, 6) is 0.293. The van der Waals surface area contributed by atoms with Gasteiger partial charge in [-0.1, -0.05) is 24.3 Å². The average Bonchev–Trinajstić information content (AvgIpc) is 3.17. The number of nitrogens with zero attached hydrogens (tertiary/aromatic N) is 1. The number of amides is 1. The number of aromatic amines is 1. The van der Waals surface area contributed by atoms with Gasteiger partial charge in [0.1, 0.15) is 0 Å². The minimum absolute atomic E-state index is 0.106. The minimum atomic E-state index is -3.57. The van der Waals surface area contributed by atoms with Crippen LogP contribution in [0, 0.1) is 0 Å². The van der Waals surface area contributed by atoms with Crippen molar-refractivity contribution < 1.29 is 13.2 Å². The number of rotatable bonds is 4. The zero-order valence-electron chi connectivity index (χ0n) is 15.7. The van der Waals surface area contributed by atoms with Gasteiger partial charge >= 0.3 is 0 Å². The van der Waals surface area contributed by atoms with Gasteiger partial charge in [-0.3, -0.25) is 4.79 Å². The van der Waals surface area contributed by atoms with Gasteiger partial charge < -0.3 is 9.88 Å². The smallest absolute Gasteiger partial charge is 0.253 e. The molecule has 0 bridgehead atoms. The molecule has 3 aromatic rings. The van der Waals surface area contributed by atoms with E-state index in [1.165, 1.54) is 30.1 Å². The summed E-state index contributed by atoms with van der Waals surface area (Å²) in [5.41, 5.74) is 2.85. The molecule has 7 heteroatoms. The van der Waals surface area contributed by atoms with Crippen LogP contribution in [-0.4, -0.2) is 44.3 Å². The van der Waals surface area contributed by atoms with E-state index in [0.717, 1.165) is 18.4 Å². The molecule has 1 aliphatic heterocycles. The number of sulfonamides is 1. The van der Waals surface area contributed by atoms with Gasteiger partial charge in [0, 0.05) is 35.8 Å². The standard InChI is InChI=1S/C21H23N3O3S/c1-22-28(26,27)17-6-4-5-16(13-17)21(25)24-11-9-15(10-12-24)19-14-23-20-8-3-2-7-18(19)20/h2-8,13-15,22-23H,9-12H2,1H3. The SMILES string of the molecule is CNS(=O)(=O)c1cccc(C(=O)N2CCC(c3c[nH]c4ccccc34)CC2)c1. The van der Waals surface area contributed by atoms with Gasteiger partial charge in [0.05, 0.1) is 4.90 Å². The molecule has 0 saturated carbocycles. The number of hydrogen-bond donors (Lipinski definition) is 2. The lowest BCUT2D eigenvalue weighted by Gasteiger charge is -2.32. The second kappa shape index (κ2) is 7.41. The normalized spacial score (nSPS) is 15.8. The lowest BCUT2D eigenvalue weighted by molar-refractivity contribution is 0.0713. The highest BCUT2D eigenvalue weighted by Gasteiger charge is 2.26. The van der Waals surface area contributed by atoms with Crippen molar-refractivity contribution in [1.82, 2.24) is 14.6 Å². The molecule has 1 fully saturated rings. The Hall–Kier alpha value is -2.64. The predicted octanol–water partition coefficient (Wildman–Crippen LogP) is 3.10. The van der Waals surface area contributed by atoms with Crippen LogP contribution in [0.3, 0.4) is 0 Å². The Morgan fingerprint density at radius 1 is 1.11 bits per heavy atom.